The lowest BCUT2D eigenvalue weighted by Gasteiger charge is -2.32. The Morgan fingerprint density at radius 3 is 2.74 bits per heavy atom. The Balaban J connectivity index is 1.54. The third-order valence-corrected chi connectivity index (χ3v) is 9.17. The van der Waals surface area contributed by atoms with E-state index in [1.807, 2.05) is 0 Å². The van der Waals surface area contributed by atoms with Crippen LogP contribution < -0.4 is 5.32 Å². The minimum Gasteiger partial charge on any atom is -0.301 e. The number of hydrogen-bond acceptors (Lipinski definition) is 6. The molecule has 0 bridgehead atoms. The second-order valence-electron chi connectivity index (χ2n) is 6.84. The third-order valence-electron chi connectivity index (χ3n) is 4.81. The van der Waals surface area contributed by atoms with Crippen LogP contribution in [0.5, 0.6) is 0 Å². The summed E-state index contributed by atoms with van der Waals surface area (Å²) in [4.78, 5) is 17.1. The van der Waals surface area contributed by atoms with Gasteiger partial charge in [-0.1, -0.05) is 18.0 Å². The number of sulfonamides is 1. The van der Waals surface area contributed by atoms with Crippen LogP contribution in [0.2, 0.25) is 4.34 Å². The van der Waals surface area contributed by atoms with Crippen LogP contribution in [0.25, 0.3) is 11.3 Å². The van der Waals surface area contributed by atoms with Crippen LogP contribution in [0.15, 0.2) is 39.9 Å². The second-order valence-corrected chi connectivity index (χ2v) is 11.5. The number of amides is 1. The number of piperidine rings is 1. The van der Waals surface area contributed by atoms with Gasteiger partial charge in [0.05, 0.1) is 10.0 Å². The lowest BCUT2D eigenvalue weighted by molar-refractivity contribution is -0.120. The Morgan fingerprint density at radius 2 is 2.03 bits per heavy atom. The zero-order valence-corrected chi connectivity index (χ0v) is 19.1. The third kappa shape index (κ3) is 4.65. The number of thiazole rings is 1. The Kier molecular flexibility index (Phi) is 6.40. The monoisotopic (exact) mass is 503 g/mol. The topological polar surface area (TPSA) is 79.4 Å². The Morgan fingerprint density at radius 1 is 1.23 bits per heavy atom. The number of nitrogens with zero attached hydrogens (tertiary/aromatic N) is 2. The quantitative estimate of drug-likeness (QED) is 0.532. The summed E-state index contributed by atoms with van der Waals surface area (Å²) < 4.78 is 54.8. The largest absolute Gasteiger partial charge is 0.301 e. The fourth-order valence-corrected chi connectivity index (χ4v) is 7.33. The molecule has 3 aromatic rings. The zero-order valence-electron chi connectivity index (χ0n) is 15.8. The van der Waals surface area contributed by atoms with Crippen molar-refractivity contribution in [3.05, 3.63) is 51.7 Å². The molecule has 1 aliphatic rings. The van der Waals surface area contributed by atoms with E-state index in [1.165, 1.54) is 27.9 Å². The molecule has 1 N–H and O–H groups in total. The fraction of sp³-hybridized carbons (Fsp3) is 0.263. The first-order chi connectivity index (χ1) is 14.8. The van der Waals surface area contributed by atoms with E-state index < -0.39 is 33.6 Å². The summed E-state index contributed by atoms with van der Waals surface area (Å²) in [5.74, 6) is -1.97. The molecule has 1 amide bonds. The van der Waals surface area contributed by atoms with Crippen LogP contribution >= 0.6 is 34.3 Å². The summed E-state index contributed by atoms with van der Waals surface area (Å²) in [7, 11) is -3.87. The number of halogens is 3. The van der Waals surface area contributed by atoms with Crippen molar-refractivity contribution in [3.8, 4) is 11.3 Å². The Hall–Kier alpha value is -1.92. The van der Waals surface area contributed by atoms with E-state index in [9.17, 15) is 22.0 Å². The fourth-order valence-electron chi connectivity index (χ4n) is 3.35. The van der Waals surface area contributed by atoms with Gasteiger partial charge in [-0.15, -0.1) is 22.7 Å². The predicted octanol–water partition coefficient (Wildman–Crippen LogP) is 4.99. The van der Waals surface area contributed by atoms with Crippen LogP contribution in [0.4, 0.5) is 13.9 Å². The number of carbonyl (C=O) groups is 1. The van der Waals surface area contributed by atoms with Crippen molar-refractivity contribution in [3.63, 3.8) is 0 Å². The lowest BCUT2D eigenvalue weighted by Crippen LogP contribution is -2.49. The SMILES string of the molecule is O=C(Nc1nc(-c2ccc(F)cc2F)cs1)C1CCCCN1S(=O)(=O)c1ccc(Cl)s1. The van der Waals surface area contributed by atoms with Gasteiger partial charge in [0.2, 0.25) is 5.91 Å². The summed E-state index contributed by atoms with van der Waals surface area (Å²) in [6.07, 6.45) is 1.72. The van der Waals surface area contributed by atoms with Crippen molar-refractivity contribution in [1.82, 2.24) is 9.29 Å². The molecule has 12 heteroatoms. The standard InChI is InChI=1S/C19H16ClF2N3O3S3/c20-16-6-7-17(30-16)31(27,28)25-8-2-1-3-15(25)18(26)24-19-23-14(10-29-19)12-5-4-11(21)9-13(12)22/h4-7,9-10,15H,1-3,8H2,(H,23,24,26). The van der Waals surface area contributed by atoms with E-state index in [4.69, 9.17) is 11.6 Å². The zero-order chi connectivity index (χ0) is 22.2. The van der Waals surface area contributed by atoms with Gasteiger partial charge in [-0.2, -0.15) is 4.31 Å². The number of carbonyl (C=O) groups excluding carboxylic acids is 1. The van der Waals surface area contributed by atoms with E-state index >= 15 is 0 Å². The predicted molar refractivity (Wildman–Crippen MR) is 117 cm³/mol. The van der Waals surface area contributed by atoms with Gasteiger partial charge in [0.1, 0.15) is 21.9 Å². The number of rotatable bonds is 5. The highest BCUT2D eigenvalue weighted by atomic mass is 35.5. The molecule has 3 heterocycles. The van der Waals surface area contributed by atoms with Gasteiger partial charge in [0, 0.05) is 23.6 Å². The highest BCUT2D eigenvalue weighted by molar-refractivity contribution is 7.91. The minimum atomic E-state index is -3.87. The normalized spacial score (nSPS) is 17.6. The molecule has 1 atom stereocenters. The first-order valence-electron chi connectivity index (χ1n) is 9.25. The average molecular weight is 504 g/mol. The number of aromatic nitrogens is 1. The maximum atomic E-state index is 14.0. The van der Waals surface area contributed by atoms with Gasteiger partial charge in [0.25, 0.3) is 10.0 Å². The van der Waals surface area contributed by atoms with Crippen molar-refractivity contribution in [2.75, 3.05) is 11.9 Å². The molecular weight excluding hydrogens is 488 g/mol. The average Bonchev–Trinajstić information content (AvgIpc) is 3.37. The summed E-state index contributed by atoms with van der Waals surface area (Å²) in [6, 6.07) is 5.19. The van der Waals surface area contributed by atoms with Gasteiger partial charge >= 0.3 is 0 Å². The molecule has 6 nitrogen and oxygen atoms in total. The number of nitrogens with one attached hydrogen (secondary N) is 1. The van der Waals surface area contributed by atoms with Gasteiger partial charge in [-0.3, -0.25) is 4.79 Å². The number of hydrogen-bond donors (Lipinski definition) is 1. The molecular formula is C19H16ClF2N3O3S3. The summed E-state index contributed by atoms with van der Waals surface area (Å²) in [5.41, 5.74) is 0.355. The summed E-state index contributed by atoms with van der Waals surface area (Å²) >= 11 is 7.90. The van der Waals surface area contributed by atoms with Crippen molar-refractivity contribution in [2.45, 2.75) is 29.5 Å². The van der Waals surface area contributed by atoms with E-state index in [0.717, 1.165) is 34.8 Å². The van der Waals surface area contributed by atoms with Crippen LogP contribution in [0.3, 0.4) is 0 Å². The van der Waals surface area contributed by atoms with Crippen molar-refractivity contribution >= 4 is 55.3 Å². The molecule has 0 spiro atoms. The molecule has 1 aliphatic heterocycles. The molecule has 1 aromatic carbocycles. The van der Waals surface area contributed by atoms with E-state index in [0.29, 0.717) is 23.6 Å². The van der Waals surface area contributed by atoms with Crippen molar-refractivity contribution < 1.29 is 22.0 Å². The lowest BCUT2D eigenvalue weighted by atomic mass is 10.0. The molecule has 0 aliphatic carbocycles. The van der Waals surface area contributed by atoms with Crippen LogP contribution in [-0.2, 0) is 14.8 Å². The smallest absolute Gasteiger partial charge is 0.253 e. The molecule has 0 radical (unpaired) electrons. The van der Waals surface area contributed by atoms with Crippen LogP contribution in [0, 0.1) is 11.6 Å². The Bertz CT molecular complexity index is 1230. The molecule has 4 rings (SSSR count). The van der Waals surface area contributed by atoms with Gasteiger partial charge in [-0.25, -0.2) is 22.2 Å². The van der Waals surface area contributed by atoms with Crippen molar-refractivity contribution in [1.29, 1.82) is 0 Å². The van der Waals surface area contributed by atoms with Crippen molar-refractivity contribution in [2.24, 2.45) is 0 Å². The first kappa shape index (κ1) is 22.3. The number of benzene rings is 1. The summed E-state index contributed by atoms with van der Waals surface area (Å²) in [6.45, 7) is 0.222. The van der Waals surface area contributed by atoms with E-state index in [-0.39, 0.29) is 27.1 Å². The molecule has 1 unspecified atom stereocenters. The van der Waals surface area contributed by atoms with Gasteiger partial charge < -0.3 is 5.32 Å². The molecule has 31 heavy (non-hydrogen) atoms. The molecule has 1 fully saturated rings. The van der Waals surface area contributed by atoms with Gasteiger partial charge in [0.15, 0.2) is 5.13 Å². The number of thiophene rings is 1. The highest BCUT2D eigenvalue weighted by Crippen LogP contribution is 2.33. The summed E-state index contributed by atoms with van der Waals surface area (Å²) in [5, 5.41) is 4.37. The van der Waals surface area contributed by atoms with E-state index in [2.05, 4.69) is 10.3 Å². The van der Waals surface area contributed by atoms with E-state index in [1.54, 1.807) is 0 Å². The highest BCUT2D eigenvalue weighted by Gasteiger charge is 2.38. The molecule has 0 saturated carbocycles. The van der Waals surface area contributed by atoms with Crippen LogP contribution in [-0.4, -0.2) is 36.2 Å². The second kappa shape index (κ2) is 8.91. The maximum Gasteiger partial charge on any atom is 0.253 e. The van der Waals surface area contributed by atoms with Gasteiger partial charge in [-0.05, 0) is 37.1 Å². The first-order valence-corrected chi connectivity index (χ1v) is 12.8. The number of anilines is 1. The molecule has 1 saturated heterocycles. The Labute approximate surface area is 190 Å². The van der Waals surface area contributed by atoms with Crippen LogP contribution in [0.1, 0.15) is 19.3 Å². The molecule has 2 aromatic heterocycles. The minimum absolute atomic E-state index is 0.0838. The molecule has 164 valence electrons. The maximum absolute atomic E-state index is 14.0.